The van der Waals surface area contributed by atoms with E-state index < -0.39 is 65.3 Å². The molecule has 0 aliphatic carbocycles. The lowest BCUT2D eigenvalue weighted by Gasteiger charge is -2.29. The Morgan fingerprint density at radius 1 is 0.622 bits per heavy atom. The molecule has 0 aliphatic heterocycles. The number of alkyl carbamates (subject to hydrolysis) is 2. The molecule has 2 aromatic carbocycles. The van der Waals surface area contributed by atoms with Crippen LogP contribution in [0.3, 0.4) is 0 Å². The zero-order chi connectivity index (χ0) is 33.8. The highest BCUT2D eigenvalue weighted by molar-refractivity contribution is 5.91. The van der Waals surface area contributed by atoms with Crippen LogP contribution in [-0.4, -0.2) is 72.4 Å². The van der Waals surface area contributed by atoms with Crippen LogP contribution < -0.4 is 21.3 Å². The van der Waals surface area contributed by atoms with Gasteiger partial charge in [0.2, 0.25) is 11.8 Å². The molecule has 4 N–H and O–H groups in total. The molecule has 4 unspecified atom stereocenters. The molecule has 0 radical (unpaired) electrons. The van der Waals surface area contributed by atoms with Gasteiger partial charge in [0.1, 0.15) is 29.3 Å². The van der Waals surface area contributed by atoms with Crippen LogP contribution in [0.5, 0.6) is 0 Å². The number of carbonyl (C=O) groups is 5. The molecule has 4 atom stereocenters. The van der Waals surface area contributed by atoms with Gasteiger partial charge >= 0.3 is 18.2 Å². The van der Waals surface area contributed by atoms with E-state index in [1.54, 1.807) is 77.9 Å². The summed E-state index contributed by atoms with van der Waals surface area (Å²) in [4.78, 5) is 65.1. The summed E-state index contributed by atoms with van der Waals surface area (Å²) < 4.78 is 15.6. The van der Waals surface area contributed by atoms with Gasteiger partial charge in [-0.15, -0.1) is 0 Å². The van der Waals surface area contributed by atoms with Crippen LogP contribution in [0.1, 0.15) is 59.6 Å². The molecule has 12 heteroatoms. The maximum atomic E-state index is 13.5. The van der Waals surface area contributed by atoms with Gasteiger partial charge in [0.15, 0.2) is 0 Å². The highest BCUT2D eigenvalue weighted by Gasteiger charge is 2.34. The molecule has 0 aliphatic rings. The molecule has 2 aromatic rings. The van der Waals surface area contributed by atoms with Crippen molar-refractivity contribution in [2.24, 2.45) is 0 Å². The van der Waals surface area contributed by atoms with E-state index in [-0.39, 0.29) is 12.8 Å². The monoisotopic (exact) mass is 626 g/mol. The first kappa shape index (κ1) is 36.6. The summed E-state index contributed by atoms with van der Waals surface area (Å²) in [7, 11) is 1.15. The minimum absolute atomic E-state index is 0.0967. The van der Waals surface area contributed by atoms with Gasteiger partial charge in [-0.05, 0) is 59.6 Å². The zero-order valence-electron chi connectivity index (χ0n) is 27.3. The van der Waals surface area contributed by atoms with Gasteiger partial charge in [0.25, 0.3) is 0 Å². The fourth-order valence-electron chi connectivity index (χ4n) is 4.19. The van der Waals surface area contributed by atoms with Crippen LogP contribution in [0.2, 0.25) is 0 Å². The number of hydrogen-bond donors (Lipinski definition) is 4. The van der Waals surface area contributed by atoms with Crippen molar-refractivity contribution in [3.63, 3.8) is 0 Å². The summed E-state index contributed by atoms with van der Waals surface area (Å²) in [5.41, 5.74) is -0.0815. The van der Waals surface area contributed by atoms with Crippen molar-refractivity contribution in [3.8, 4) is 0 Å². The summed E-state index contributed by atoms with van der Waals surface area (Å²) in [5.74, 6) is -2.14. The summed E-state index contributed by atoms with van der Waals surface area (Å²) in [6.45, 7) is 11.7. The number of amides is 4. The Labute approximate surface area is 264 Å². The number of carbonyl (C=O) groups excluding carboxylic acids is 5. The quantitative estimate of drug-likeness (QED) is 0.206. The van der Waals surface area contributed by atoms with Gasteiger partial charge in [-0.1, -0.05) is 60.7 Å². The summed E-state index contributed by atoms with van der Waals surface area (Å²) in [6, 6.07) is 13.5. The van der Waals surface area contributed by atoms with E-state index in [2.05, 4.69) is 21.3 Å². The second kappa shape index (κ2) is 16.5. The number of benzene rings is 2. The summed E-state index contributed by atoms with van der Waals surface area (Å²) >= 11 is 0. The van der Waals surface area contributed by atoms with Crippen LogP contribution in [-0.2, 0) is 41.4 Å². The number of esters is 1. The maximum Gasteiger partial charge on any atom is 0.408 e. The molecule has 2 rings (SSSR count). The third-order valence-electron chi connectivity index (χ3n) is 6.20. The molecule has 4 amide bonds. The number of ether oxygens (including phenoxy) is 3. The van der Waals surface area contributed by atoms with E-state index in [0.29, 0.717) is 0 Å². The minimum Gasteiger partial charge on any atom is -0.467 e. The number of nitrogens with one attached hydrogen (secondary N) is 4. The molecule has 12 nitrogen and oxygen atoms in total. The second-order valence-electron chi connectivity index (χ2n) is 12.6. The molecule has 0 saturated carbocycles. The van der Waals surface area contributed by atoms with Crippen molar-refractivity contribution in [1.82, 2.24) is 21.3 Å². The highest BCUT2D eigenvalue weighted by Crippen LogP contribution is 2.11. The van der Waals surface area contributed by atoms with Crippen LogP contribution in [0.15, 0.2) is 60.7 Å². The molecule has 246 valence electrons. The molecular formula is C33H46N4O8. The van der Waals surface area contributed by atoms with E-state index in [4.69, 9.17) is 14.2 Å². The van der Waals surface area contributed by atoms with Crippen molar-refractivity contribution in [1.29, 1.82) is 0 Å². The van der Waals surface area contributed by atoms with E-state index in [9.17, 15) is 24.0 Å². The van der Waals surface area contributed by atoms with Gasteiger partial charge < -0.3 is 35.5 Å². The van der Waals surface area contributed by atoms with Crippen LogP contribution in [0.4, 0.5) is 9.59 Å². The molecule has 0 spiro atoms. The highest BCUT2D eigenvalue weighted by atomic mass is 16.6. The van der Waals surface area contributed by atoms with Gasteiger partial charge in [-0.25, -0.2) is 14.4 Å². The number of rotatable bonds is 12. The van der Waals surface area contributed by atoms with Crippen molar-refractivity contribution in [3.05, 3.63) is 71.8 Å². The summed E-state index contributed by atoms with van der Waals surface area (Å²) in [6.07, 6.45) is -1.38. The second-order valence-corrected chi connectivity index (χ2v) is 12.6. The standard InChI is InChI=1S/C33H46N4O8/c1-21(34-27(38)24(19-22-15-11-9-12-16-22)35-30(41)44-32(2,3)4)26(29(40)43-8)37-28(39)25(20-23-17-13-10-14-18-23)36-31(42)45-33(5,6)7/h9-18,21,24-26H,19-20H2,1-8H3,(H,34,38)(H,35,41)(H,36,42)(H,37,39). The first-order valence-corrected chi connectivity index (χ1v) is 14.7. The molecular weight excluding hydrogens is 580 g/mol. The fourth-order valence-corrected chi connectivity index (χ4v) is 4.19. The van der Waals surface area contributed by atoms with Crippen LogP contribution in [0, 0.1) is 0 Å². The Hall–Kier alpha value is -4.61. The van der Waals surface area contributed by atoms with Crippen molar-refractivity contribution in [2.75, 3.05) is 7.11 Å². The van der Waals surface area contributed by atoms with E-state index in [0.717, 1.165) is 18.2 Å². The lowest BCUT2D eigenvalue weighted by atomic mass is 10.0. The maximum absolute atomic E-state index is 13.5. The SMILES string of the molecule is COC(=O)C(NC(=O)C(Cc1ccccc1)NC(=O)OC(C)(C)C)C(C)NC(=O)C(Cc1ccccc1)NC(=O)OC(C)(C)C. The van der Waals surface area contributed by atoms with E-state index in [1.165, 1.54) is 6.92 Å². The first-order valence-electron chi connectivity index (χ1n) is 14.7. The number of hydrogen-bond acceptors (Lipinski definition) is 8. The van der Waals surface area contributed by atoms with Gasteiger partial charge in [-0.2, -0.15) is 0 Å². The molecule has 45 heavy (non-hydrogen) atoms. The molecule has 0 bridgehead atoms. The Morgan fingerprint density at radius 3 is 1.36 bits per heavy atom. The third kappa shape index (κ3) is 13.7. The normalized spacial score (nSPS) is 14.0. The molecule has 0 saturated heterocycles. The molecule has 0 heterocycles. The molecule has 0 fully saturated rings. The number of methoxy groups -OCH3 is 1. The van der Waals surface area contributed by atoms with E-state index >= 15 is 0 Å². The zero-order valence-corrected chi connectivity index (χ0v) is 27.3. The smallest absolute Gasteiger partial charge is 0.408 e. The predicted molar refractivity (Wildman–Crippen MR) is 168 cm³/mol. The lowest BCUT2D eigenvalue weighted by molar-refractivity contribution is -0.146. The van der Waals surface area contributed by atoms with Crippen LogP contribution >= 0.6 is 0 Å². The van der Waals surface area contributed by atoms with Gasteiger partial charge in [0.05, 0.1) is 13.2 Å². The average Bonchev–Trinajstić information content (AvgIpc) is 2.93. The third-order valence-corrected chi connectivity index (χ3v) is 6.20. The predicted octanol–water partition coefficient (Wildman–Crippen LogP) is 3.42. The van der Waals surface area contributed by atoms with Crippen molar-refractivity contribution < 1.29 is 38.2 Å². The topological polar surface area (TPSA) is 161 Å². The van der Waals surface area contributed by atoms with Crippen LogP contribution in [0.25, 0.3) is 0 Å². The lowest BCUT2D eigenvalue weighted by Crippen LogP contribution is -2.61. The Bertz CT molecular complexity index is 1290. The Morgan fingerprint density at radius 2 is 1.00 bits per heavy atom. The van der Waals surface area contributed by atoms with Crippen molar-refractivity contribution in [2.45, 2.75) is 96.7 Å². The minimum atomic E-state index is -1.34. The van der Waals surface area contributed by atoms with E-state index in [1.807, 2.05) is 24.3 Å². The van der Waals surface area contributed by atoms with Gasteiger partial charge in [-0.3, -0.25) is 9.59 Å². The summed E-state index contributed by atoms with van der Waals surface area (Å²) in [5, 5.41) is 10.5. The average molecular weight is 627 g/mol. The first-order chi connectivity index (χ1) is 21.0. The Kier molecular flexibility index (Phi) is 13.4. The largest absolute Gasteiger partial charge is 0.467 e. The van der Waals surface area contributed by atoms with Crippen molar-refractivity contribution >= 4 is 30.0 Å². The Balaban J connectivity index is 2.26. The van der Waals surface area contributed by atoms with Gasteiger partial charge in [0, 0.05) is 12.8 Å². The molecule has 0 aromatic heterocycles. The fraction of sp³-hybridized carbons (Fsp3) is 0.485.